The number of carbonyl (C=O) groups is 1. The van der Waals surface area contributed by atoms with Crippen molar-refractivity contribution in [1.29, 1.82) is 0 Å². The zero-order chi connectivity index (χ0) is 16.4. The number of carbonyl (C=O) groups excluding carboxylic acids is 1. The number of halogens is 2. The molecule has 1 aliphatic heterocycles. The zero-order valence-electron chi connectivity index (χ0n) is 13.0. The molecule has 0 spiro atoms. The molecule has 1 aromatic rings. The second-order valence-corrected chi connectivity index (χ2v) is 6.99. The van der Waals surface area contributed by atoms with Gasteiger partial charge in [0, 0.05) is 37.1 Å². The number of nitrogens with zero attached hydrogens (tertiary/aromatic N) is 1. The number of hydrogen-bond donors (Lipinski definition) is 2. The first-order valence-electron chi connectivity index (χ1n) is 8.13. The Kier molecular flexibility index (Phi) is 5.19. The van der Waals surface area contributed by atoms with Crippen molar-refractivity contribution >= 4 is 17.5 Å². The van der Waals surface area contributed by atoms with Crippen LogP contribution < -0.4 is 5.32 Å². The van der Waals surface area contributed by atoms with Crippen molar-refractivity contribution in [3.05, 3.63) is 34.6 Å². The summed E-state index contributed by atoms with van der Waals surface area (Å²) in [5.74, 6) is 0.718. The number of amides is 1. The molecule has 1 heterocycles. The lowest BCUT2D eigenvalue weighted by Crippen LogP contribution is -2.41. The average molecular weight is 341 g/mol. The van der Waals surface area contributed by atoms with Crippen molar-refractivity contribution in [3.63, 3.8) is 0 Å². The molecule has 2 atom stereocenters. The molecular weight excluding hydrogens is 319 g/mol. The van der Waals surface area contributed by atoms with E-state index < -0.39 is 0 Å². The van der Waals surface area contributed by atoms with Gasteiger partial charge in [-0.25, -0.2) is 4.39 Å². The SMILES string of the molecule is O=C(CCO)NC1CN(Cc2ccc(F)cc2Cl)CC1C1CC1. The first-order chi connectivity index (χ1) is 11.1. The van der Waals surface area contributed by atoms with Crippen LogP contribution in [0, 0.1) is 17.7 Å². The maximum atomic E-state index is 13.1. The first-order valence-corrected chi connectivity index (χ1v) is 8.51. The van der Waals surface area contributed by atoms with Crippen LogP contribution in [0.15, 0.2) is 18.2 Å². The Morgan fingerprint density at radius 1 is 1.39 bits per heavy atom. The summed E-state index contributed by atoms with van der Waals surface area (Å²) in [6.07, 6.45) is 2.60. The van der Waals surface area contributed by atoms with Crippen LogP contribution in [0.2, 0.25) is 5.02 Å². The van der Waals surface area contributed by atoms with Crippen molar-refractivity contribution in [2.75, 3.05) is 19.7 Å². The van der Waals surface area contributed by atoms with E-state index in [4.69, 9.17) is 16.7 Å². The molecule has 0 radical (unpaired) electrons. The van der Waals surface area contributed by atoms with E-state index in [0.29, 0.717) is 23.4 Å². The Morgan fingerprint density at radius 3 is 2.83 bits per heavy atom. The fourth-order valence-electron chi connectivity index (χ4n) is 3.47. The minimum absolute atomic E-state index is 0.0928. The standard InChI is InChI=1S/C17H22ClFN2O2/c18-15-7-13(19)4-3-12(15)8-21-9-14(11-1-2-11)16(10-21)20-17(23)5-6-22/h3-4,7,11,14,16,22H,1-2,5-6,8-10H2,(H,20,23). The lowest BCUT2D eigenvalue weighted by atomic mass is 9.98. The Bertz CT molecular complexity index is 580. The number of likely N-dealkylation sites (tertiary alicyclic amines) is 1. The van der Waals surface area contributed by atoms with Crippen LogP contribution in [0.4, 0.5) is 4.39 Å². The van der Waals surface area contributed by atoms with Gasteiger partial charge in [-0.3, -0.25) is 9.69 Å². The summed E-state index contributed by atoms with van der Waals surface area (Å²) in [5.41, 5.74) is 0.907. The van der Waals surface area contributed by atoms with E-state index in [1.54, 1.807) is 6.07 Å². The Balaban J connectivity index is 1.64. The zero-order valence-corrected chi connectivity index (χ0v) is 13.7. The van der Waals surface area contributed by atoms with Gasteiger partial charge in [0.15, 0.2) is 0 Å². The van der Waals surface area contributed by atoms with E-state index in [9.17, 15) is 9.18 Å². The van der Waals surface area contributed by atoms with Gasteiger partial charge in [-0.1, -0.05) is 17.7 Å². The molecule has 1 aliphatic carbocycles. The average Bonchev–Trinajstić information content (AvgIpc) is 3.25. The summed E-state index contributed by atoms with van der Waals surface area (Å²) < 4.78 is 13.1. The summed E-state index contributed by atoms with van der Waals surface area (Å²) in [6.45, 7) is 2.23. The second kappa shape index (κ2) is 7.16. The van der Waals surface area contributed by atoms with Gasteiger partial charge >= 0.3 is 0 Å². The van der Waals surface area contributed by atoms with Crippen LogP contribution in [0.25, 0.3) is 0 Å². The molecule has 2 fully saturated rings. The third-order valence-electron chi connectivity index (χ3n) is 4.76. The predicted octanol–water partition coefficient (Wildman–Crippen LogP) is 2.19. The number of aliphatic hydroxyl groups excluding tert-OH is 1. The van der Waals surface area contributed by atoms with E-state index >= 15 is 0 Å². The molecular formula is C17H22ClFN2O2. The van der Waals surface area contributed by atoms with Crippen LogP contribution in [-0.2, 0) is 11.3 Å². The smallest absolute Gasteiger partial charge is 0.222 e. The van der Waals surface area contributed by atoms with Crippen LogP contribution in [0.5, 0.6) is 0 Å². The van der Waals surface area contributed by atoms with E-state index in [-0.39, 0.29) is 30.8 Å². The Hall–Kier alpha value is -1.17. The fourth-order valence-corrected chi connectivity index (χ4v) is 3.70. The molecule has 6 heteroatoms. The molecule has 0 aromatic heterocycles. The van der Waals surface area contributed by atoms with Gasteiger partial charge in [-0.2, -0.15) is 0 Å². The van der Waals surface area contributed by atoms with Gasteiger partial charge in [-0.15, -0.1) is 0 Å². The number of aliphatic hydroxyl groups is 1. The van der Waals surface area contributed by atoms with E-state index in [1.165, 1.54) is 25.0 Å². The second-order valence-electron chi connectivity index (χ2n) is 6.58. The van der Waals surface area contributed by atoms with E-state index in [0.717, 1.165) is 18.7 Å². The van der Waals surface area contributed by atoms with Crippen LogP contribution in [0.1, 0.15) is 24.8 Å². The summed E-state index contributed by atoms with van der Waals surface area (Å²) in [6, 6.07) is 4.62. The van der Waals surface area contributed by atoms with Crippen molar-refractivity contribution in [3.8, 4) is 0 Å². The minimum atomic E-state index is -0.329. The highest BCUT2D eigenvalue weighted by molar-refractivity contribution is 6.31. The monoisotopic (exact) mass is 340 g/mol. The topological polar surface area (TPSA) is 52.6 Å². The molecule has 1 aromatic carbocycles. The van der Waals surface area contributed by atoms with Gasteiger partial charge < -0.3 is 10.4 Å². The minimum Gasteiger partial charge on any atom is -0.396 e. The summed E-state index contributed by atoms with van der Waals surface area (Å²) in [4.78, 5) is 14.1. The Labute approximate surface area is 140 Å². The van der Waals surface area contributed by atoms with Gasteiger partial charge in [-0.05, 0) is 42.4 Å². The van der Waals surface area contributed by atoms with Gasteiger partial charge in [0.05, 0.1) is 6.61 Å². The molecule has 1 saturated heterocycles. The third-order valence-corrected chi connectivity index (χ3v) is 5.11. The fraction of sp³-hybridized carbons (Fsp3) is 0.588. The molecule has 2 aliphatic rings. The van der Waals surface area contributed by atoms with Crippen molar-refractivity contribution < 1.29 is 14.3 Å². The normalized spacial score (nSPS) is 24.8. The maximum absolute atomic E-state index is 13.1. The summed E-state index contributed by atoms with van der Waals surface area (Å²) in [7, 11) is 0. The molecule has 1 amide bonds. The Morgan fingerprint density at radius 2 is 2.17 bits per heavy atom. The molecule has 23 heavy (non-hydrogen) atoms. The van der Waals surface area contributed by atoms with Gasteiger partial charge in [0.1, 0.15) is 5.82 Å². The quantitative estimate of drug-likeness (QED) is 0.834. The first kappa shape index (κ1) is 16.7. The highest BCUT2D eigenvalue weighted by atomic mass is 35.5. The van der Waals surface area contributed by atoms with Crippen LogP contribution >= 0.6 is 11.6 Å². The van der Waals surface area contributed by atoms with Crippen molar-refractivity contribution in [2.45, 2.75) is 31.8 Å². The molecule has 4 nitrogen and oxygen atoms in total. The highest BCUT2D eigenvalue weighted by Crippen LogP contribution is 2.41. The number of benzene rings is 1. The molecule has 3 rings (SSSR count). The third kappa shape index (κ3) is 4.22. The number of hydrogen-bond acceptors (Lipinski definition) is 3. The lowest BCUT2D eigenvalue weighted by molar-refractivity contribution is -0.122. The molecule has 2 unspecified atom stereocenters. The molecule has 0 bridgehead atoms. The van der Waals surface area contributed by atoms with E-state index in [1.807, 2.05) is 0 Å². The summed E-state index contributed by atoms with van der Waals surface area (Å²) >= 11 is 6.12. The van der Waals surface area contributed by atoms with Crippen LogP contribution in [-0.4, -0.2) is 41.7 Å². The van der Waals surface area contributed by atoms with Crippen molar-refractivity contribution in [2.24, 2.45) is 11.8 Å². The van der Waals surface area contributed by atoms with E-state index in [2.05, 4.69) is 10.2 Å². The predicted molar refractivity (Wildman–Crippen MR) is 86.5 cm³/mol. The molecule has 1 saturated carbocycles. The van der Waals surface area contributed by atoms with Crippen molar-refractivity contribution in [1.82, 2.24) is 10.2 Å². The number of nitrogens with one attached hydrogen (secondary N) is 1. The van der Waals surface area contributed by atoms with Gasteiger partial charge in [0.25, 0.3) is 0 Å². The number of rotatable bonds is 6. The lowest BCUT2D eigenvalue weighted by Gasteiger charge is -2.19. The highest BCUT2D eigenvalue weighted by Gasteiger charge is 2.42. The largest absolute Gasteiger partial charge is 0.396 e. The van der Waals surface area contributed by atoms with Gasteiger partial charge in [0.2, 0.25) is 5.91 Å². The maximum Gasteiger partial charge on any atom is 0.222 e. The molecule has 126 valence electrons. The van der Waals surface area contributed by atoms with Crippen LogP contribution in [0.3, 0.4) is 0 Å². The molecule has 2 N–H and O–H groups in total. The summed E-state index contributed by atoms with van der Waals surface area (Å²) in [5, 5.41) is 12.4.